The van der Waals surface area contributed by atoms with Gasteiger partial charge in [-0.05, 0) is 32.1 Å². The first-order valence-corrected chi connectivity index (χ1v) is 11.3. The highest BCUT2D eigenvalue weighted by Crippen LogP contribution is 2.50. The lowest BCUT2D eigenvalue weighted by molar-refractivity contribution is -0.136. The third-order valence-electron chi connectivity index (χ3n) is 5.88. The van der Waals surface area contributed by atoms with Crippen LogP contribution >= 0.6 is 0 Å². The fourth-order valence-electron chi connectivity index (χ4n) is 4.19. The van der Waals surface area contributed by atoms with Crippen LogP contribution in [0.15, 0.2) is 16.1 Å². The highest BCUT2D eigenvalue weighted by atomic mass is 16.6. The minimum absolute atomic E-state index is 0.0817. The molecular formula is C23H28N4O7. The first-order chi connectivity index (χ1) is 16.4. The van der Waals surface area contributed by atoms with Crippen molar-refractivity contribution in [2.24, 2.45) is 9.98 Å². The number of carbonyl (C=O) groups excluding carboxylic acids is 4. The maximum absolute atomic E-state index is 13.1. The third-order valence-corrected chi connectivity index (χ3v) is 5.88. The van der Waals surface area contributed by atoms with Crippen LogP contribution in [0.3, 0.4) is 0 Å². The van der Waals surface area contributed by atoms with Gasteiger partial charge < -0.3 is 24.4 Å². The molecule has 11 heteroatoms. The molecule has 182 valence electrons. The van der Waals surface area contributed by atoms with E-state index in [9.17, 15) is 24.3 Å². The number of hydrogen-bond acceptors (Lipinski definition) is 11. The Morgan fingerprint density at radius 3 is 1.94 bits per heavy atom. The molecule has 0 aromatic heterocycles. The van der Waals surface area contributed by atoms with E-state index in [1.165, 1.54) is 18.2 Å². The molecule has 34 heavy (non-hydrogen) atoms. The molecule has 1 saturated heterocycles. The number of nitrogens with zero attached hydrogens (tertiary/aromatic N) is 4. The lowest BCUT2D eigenvalue weighted by Crippen LogP contribution is -2.32. The number of carbonyl (C=O) groups is 2. The van der Waals surface area contributed by atoms with E-state index in [0.29, 0.717) is 31.6 Å². The van der Waals surface area contributed by atoms with Crippen LogP contribution in [0.5, 0.6) is 17.2 Å². The van der Waals surface area contributed by atoms with Crippen molar-refractivity contribution in [2.45, 2.75) is 57.0 Å². The number of fused-ring (bicyclic) bond motifs is 2. The van der Waals surface area contributed by atoms with Gasteiger partial charge >= 0.3 is 11.9 Å². The quantitative estimate of drug-likeness (QED) is 0.302. The molecule has 0 spiro atoms. The number of esters is 2. The molecule has 2 aliphatic heterocycles. The topological polar surface area (TPSA) is 138 Å². The van der Waals surface area contributed by atoms with Crippen LogP contribution in [-0.4, -0.2) is 68.5 Å². The van der Waals surface area contributed by atoms with Crippen molar-refractivity contribution in [2.75, 3.05) is 37.0 Å². The van der Waals surface area contributed by atoms with Gasteiger partial charge in [-0.25, -0.2) is 19.2 Å². The number of phenols is 1. The van der Waals surface area contributed by atoms with Gasteiger partial charge in [0.1, 0.15) is 5.69 Å². The molecular weight excluding hydrogens is 444 g/mol. The first kappa shape index (κ1) is 25.0. The Bertz CT molecular complexity index is 1020. The molecule has 0 saturated carbocycles. The SMILES string of the molecule is CN(C)c1c2c(O)cc(N3CCCCC3)c1OC(=O)[C@@H](N=C=O)CCCC[C@H](N=C=O)C(=O)O2. The van der Waals surface area contributed by atoms with E-state index in [-0.39, 0.29) is 35.8 Å². The van der Waals surface area contributed by atoms with E-state index in [2.05, 4.69) is 9.98 Å². The smallest absolute Gasteiger partial charge is 0.337 e. The van der Waals surface area contributed by atoms with Gasteiger partial charge in [-0.3, -0.25) is 0 Å². The molecule has 1 aromatic rings. The lowest BCUT2D eigenvalue weighted by Gasteiger charge is -2.32. The Labute approximate surface area is 197 Å². The number of hydrogen-bond donors (Lipinski definition) is 1. The van der Waals surface area contributed by atoms with Crippen molar-refractivity contribution in [3.05, 3.63) is 6.07 Å². The first-order valence-electron chi connectivity index (χ1n) is 11.3. The zero-order valence-corrected chi connectivity index (χ0v) is 19.3. The van der Waals surface area contributed by atoms with Crippen molar-refractivity contribution in [1.29, 1.82) is 0 Å². The summed E-state index contributed by atoms with van der Waals surface area (Å²) in [6.45, 7) is 1.37. The Morgan fingerprint density at radius 2 is 1.44 bits per heavy atom. The molecule has 0 radical (unpaired) electrons. The van der Waals surface area contributed by atoms with Gasteiger partial charge in [0.05, 0.1) is 5.69 Å². The summed E-state index contributed by atoms with van der Waals surface area (Å²) < 4.78 is 11.3. The summed E-state index contributed by atoms with van der Waals surface area (Å²) in [7, 11) is 3.28. The number of aliphatic imine (C=N–C) groups is 2. The normalized spacial score (nSPS) is 21.4. The van der Waals surface area contributed by atoms with Gasteiger partial charge in [-0.1, -0.05) is 12.8 Å². The average molecular weight is 472 g/mol. The van der Waals surface area contributed by atoms with E-state index >= 15 is 0 Å². The second-order valence-electron chi connectivity index (χ2n) is 8.46. The fraction of sp³-hybridized carbons (Fsp3) is 0.565. The van der Waals surface area contributed by atoms with Gasteiger partial charge in [0.15, 0.2) is 29.3 Å². The van der Waals surface area contributed by atoms with Crippen molar-refractivity contribution >= 4 is 35.5 Å². The van der Waals surface area contributed by atoms with Crippen molar-refractivity contribution in [1.82, 2.24) is 0 Å². The number of rotatable bonds is 4. The summed E-state index contributed by atoms with van der Waals surface area (Å²) >= 11 is 0. The summed E-state index contributed by atoms with van der Waals surface area (Å²) in [5.41, 5.74) is 0.615. The zero-order chi connectivity index (χ0) is 24.7. The maximum atomic E-state index is 13.1. The number of anilines is 2. The number of benzene rings is 1. The van der Waals surface area contributed by atoms with Gasteiger partial charge in [0.2, 0.25) is 12.2 Å². The molecule has 1 fully saturated rings. The summed E-state index contributed by atoms with van der Waals surface area (Å²) in [4.78, 5) is 58.5. The predicted molar refractivity (Wildman–Crippen MR) is 122 cm³/mol. The van der Waals surface area contributed by atoms with Crippen LogP contribution in [0.2, 0.25) is 0 Å². The molecule has 0 amide bonds. The monoisotopic (exact) mass is 472 g/mol. The predicted octanol–water partition coefficient (Wildman–Crippen LogP) is 2.24. The Balaban J connectivity index is 2.21. The van der Waals surface area contributed by atoms with Crippen molar-refractivity contribution in [3.8, 4) is 17.2 Å². The van der Waals surface area contributed by atoms with Crippen molar-refractivity contribution in [3.63, 3.8) is 0 Å². The van der Waals surface area contributed by atoms with E-state index < -0.39 is 24.0 Å². The zero-order valence-electron chi connectivity index (χ0n) is 19.3. The molecule has 2 bridgehead atoms. The summed E-state index contributed by atoms with van der Waals surface area (Å²) in [6, 6.07) is -0.842. The van der Waals surface area contributed by atoms with E-state index in [4.69, 9.17) is 9.47 Å². The Kier molecular flexibility index (Phi) is 8.40. The summed E-state index contributed by atoms with van der Waals surface area (Å²) in [6.07, 6.45) is 6.85. The molecule has 2 aliphatic rings. The van der Waals surface area contributed by atoms with Crippen LogP contribution in [0.1, 0.15) is 44.9 Å². The molecule has 0 unspecified atom stereocenters. The van der Waals surface area contributed by atoms with Gasteiger partial charge in [0, 0.05) is 33.3 Å². The minimum Gasteiger partial charge on any atom is -0.504 e. The Hall–Kier alpha value is -3.68. The van der Waals surface area contributed by atoms with Crippen LogP contribution in [-0.2, 0) is 19.2 Å². The average Bonchev–Trinajstić information content (AvgIpc) is 2.82. The van der Waals surface area contributed by atoms with Crippen LogP contribution in [0.4, 0.5) is 11.4 Å². The molecule has 2 heterocycles. The molecule has 2 atom stereocenters. The van der Waals surface area contributed by atoms with Gasteiger partial charge in [-0.2, -0.15) is 9.98 Å². The lowest BCUT2D eigenvalue weighted by atomic mass is 10.1. The standard InChI is InChI=1S/C23H28N4O7/c1-26(2)19-20-17(27-10-6-3-7-11-27)12-18(30)21(19)34-23(32)16(25-14-29)9-5-4-8-15(24-13-28)22(31)33-20/h12,15-16,30H,3-11H2,1-2H3/t15-,16-/m0/s1. The van der Waals surface area contributed by atoms with Crippen LogP contribution in [0.25, 0.3) is 0 Å². The van der Waals surface area contributed by atoms with E-state index in [0.717, 1.165) is 19.3 Å². The molecule has 1 aromatic carbocycles. The van der Waals surface area contributed by atoms with Gasteiger partial charge in [-0.15, -0.1) is 0 Å². The molecule has 1 N–H and O–H groups in total. The maximum Gasteiger partial charge on any atom is 0.337 e. The van der Waals surface area contributed by atoms with Crippen LogP contribution in [0, 0.1) is 0 Å². The second kappa shape index (κ2) is 11.4. The fourth-order valence-corrected chi connectivity index (χ4v) is 4.19. The summed E-state index contributed by atoms with van der Waals surface area (Å²) in [5, 5.41) is 10.9. The largest absolute Gasteiger partial charge is 0.504 e. The molecule has 0 aliphatic carbocycles. The van der Waals surface area contributed by atoms with Gasteiger partial charge in [0.25, 0.3) is 0 Å². The second-order valence-corrected chi connectivity index (χ2v) is 8.46. The van der Waals surface area contributed by atoms with E-state index in [1.54, 1.807) is 19.0 Å². The highest BCUT2D eigenvalue weighted by Gasteiger charge is 2.33. The molecule has 3 rings (SSSR count). The number of piperidine rings is 1. The Morgan fingerprint density at radius 1 is 0.912 bits per heavy atom. The third kappa shape index (κ3) is 5.62. The number of isocyanates is 2. The highest BCUT2D eigenvalue weighted by molar-refractivity contribution is 5.90. The van der Waals surface area contributed by atoms with Crippen LogP contribution < -0.4 is 19.3 Å². The number of aromatic hydroxyl groups is 1. The minimum atomic E-state index is -1.14. The number of phenolic OH excluding ortho intramolecular Hbond substituents is 1. The van der Waals surface area contributed by atoms with Crippen molar-refractivity contribution < 1.29 is 33.8 Å². The number of ether oxygens (including phenoxy) is 2. The summed E-state index contributed by atoms with van der Waals surface area (Å²) in [5.74, 6) is -2.07. The molecule has 11 nitrogen and oxygen atoms in total. The van der Waals surface area contributed by atoms with E-state index in [1.807, 2.05) is 4.90 Å².